The first-order valence-corrected chi connectivity index (χ1v) is 11.5. The van der Waals surface area contributed by atoms with Crippen LogP contribution in [0.25, 0.3) is 0 Å². The van der Waals surface area contributed by atoms with E-state index >= 15 is 0 Å². The highest BCUT2D eigenvalue weighted by Gasteiger charge is 2.35. The lowest BCUT2D eigenvalue weighted by atomic mass is 10.1. The Morgan fingerprint density at radius 2 is 1.85 bits per heavy atom. The molecule has 3 aromatic rings. The van der Waals surface area contributed by atoms with Crippen LogP contribution in [-0.4, -0.2) is 31.4 Å². The number of carbonyl (C=O) groups excluding carboxylic acids is 3. The van der Waals surface area contributed by atoms with Crippen molar-refractivity contribution in [3.05, 3.63) is 76.5 Å². The maximum absolute atomic E-state index is 12.7. The highest BCUT2D eigenvalue weighted by molar-refractivity contribution is 7.09. The van der Waals surface area contributed by atoms with Crippen LogP contribution < -0.4 is 20.3 Å². The van der Waals surface area contributed by atoms with Gasteiger partial charge < -0.3 is 20.3 Å². The molecule has 1 aromatic heterocycles. The molecule has 0 spiro atoms. The Labute approximate surface area is 196 Å². The normalized spacial score (nSPS) is 15.4. The van der Waals surface area contributed by atoms with Crippen LogP contribution in [0.3, 0.4) is 0 Å². The number of methoxy groups -OCH3 is 1. The van der Waals surface area contributed by atoms with Gasteiger partial charge in [0.05, 0.1) is 26.0 Å². The molecule has 1 saturated heterocycles. The lowest BCUT2D eigenvalue weighted by molar-refractivity contribution is -0.122. The van der Waals surface area contributed by atoms with Crippen molar-refractivity contribution < 1.29 is 19.1 Å². The van der Waals surface area contributed by atoms with Gasteiger partial charge in [-0.1, -0.05) is 18.2 Å². The lowest BCUT2D eigenvalue weighted by Crippen LogP contribution is -2.28. The van der Waals surface area contributed by atoms with Gasteiger partial charge in [0.25, 0.3) is 0 Å². The van der Waals surface area contributed by atoms with Crippen LogP contribution in [0.2, 0.25) is 0 Å². The second-order valence-corrected chi connectivity index (χ2v) is 8.85. The largest absolute Gasteiger partial charge is 0.497 e. The zero-order valence-electron chi connectivity index (χ0n) is 18.2. The summed E-state index contributed by atoms with van der Waals surface area (Å²) in [6.45, 7) is 0.859. The first-order chi connectivity index (χ1) is 16.0. The molecule has 1 fully saturated rings. The number of benzene rings is 2. The molecule has 7 nitrogen and oxygen atoms in total. The number of hydrogen-bond acceptors (Lipinski definition) is 5. The quantitative estimate of drug-likeness (QED) is 0.534. The molecule has 4 rings (SSSR count). The van der Waals surface area contributed by atoms with Gasteiger partial charge in [0.15, 0.2) is 0 Å². The van der Waals surface area contributed by atoms with Gasteiger partial charge >= 0.3 is 0 Å². The molecule has 1 unspecified atom stereocenters. The number of nitrogens with one attached hydrogen (secondary N) is 2. The van der Waals surface area contributed by atoms with Gasteiger partial charge in [-0.25, -0.2) is 0 Å². The summed E-state index contributed by atoms with van der Waals surface area (Å²) in [5, 5.41) is 7.76. The molecular weight excluding hydrogens is 438 g/mol. The molecule has 8 heteroatoms. The van der Waals surface area contributed by atoms with Crippen molar-refractivity contribution in [2.75, 3.05) is 23.9 Å². The topological polar surface area (TPSA) is 87.7 Å². The fourth-order valence-electron chi connectivity index (χ4n) is 3.69. The van der Waals surface area contributed by atoms with Crippen LogP contribution in [0.1, 0.15) is 16.9 Å². The first kappa shape index (κ1) is 22.5. The minimum absolute atomic E-state index is 0.0525. The van der Waals surface area contributed by atoms with Gasteiger partial charge in [0.2, 0.25) is 17.7 Å². The zero-order chi connectivity index (χ0) is 23.2. The van der Waals surface area contributed by atoms with E-state index < -0.39 is 5.92 Å². The molecule has 1 aliphatic rings. The van der Waals surface area contributed by atoms with E-state index in [2.05, 4.69) is 10.6 Å². The molecule has 170 valence electrons. The maximum atomic E-state index is 12.7. The Morgan fingerprint density at radius 1 is 1.09 bits per heavy atom. The van der Waals surface area contributed by atoms with Gasteiger partial charge in [-0.3, -0.25) is 14.4 Å². The van der Waals surface area contributed by atoms with Crippen LogP contribution in [-0.2, 0) is 27.3 Å². The van der Waals surface area contributed by atoms with Crippen molar-refractivity contribution in [3.63, 3.8) is 0 Å². The number of thiophene rings is 1. The number of hydrogen-bond donors (Lipinski definition) is 2. The lowest BCUT2D eigenvalue weighted by Gasteiger charge is -2.17. The van der Waals surface area contributed by atoms with Crippen molar-refractivity contribution in [2.24, 2.45) is 5.92 Å². The molecular formula is C25H25N3O4S. The fraction of sp³-hybridized carbons (Fsp3) is 0.240. The van der Waals surface area contributed by atoms with Crippen LogP contribution in [0.5, 0.6) is 5.75 Å². The van der Waals surface area contributed by atoms with Gasteiger partial charge in [-0.05, 0) is 53.4 Å². The maximum Gasteiger partial charge on any atom is 0.229 e. The van der Waals surface area contributed by atoms with Crippen molar-refractivity contribution in [1.82, 2.24) is 5.32 Å². The average Bonchev–Trinajstić information content (AvgIpc) is 3.49. The molecule has 33 heavy (non-hydrogen) atoms. The van der Waals surface area contributed by atoms with Crippen molar-refractivity contribution in [3.8, 4) is 5.75 Å². The summed E-state index contributed by atoms with van der Waals surface area (Å²) >= 11 is 1.61. The van der Waals surface area contributed by atoms with Crippen LogP contribution in [0.4, 0.5) is 11.4 Å². The molecule has 2 aromatic carbocycles. The van der Waals surface area contributed by atoms with Gasteiger partial charge in [0.1, 0.15) is 5.75 Å². The van der Waals surface area contributed by atoms with Crippen LogP contribution >= 0.6 is 11.3 Å². The number of nitrogens with zero attached hydrogens (tertiary/aromatic N) is 1. The number of amides is 3. The van der Waals surface area contributed by atoms with E-state index in [0.29, 0.717) is 24.5 Å². The smallest absolute Gasteiger partial charge is 0.229 e. The standard InChI is InChI=1S/C25H25N3O4S/c1-32-21-10-8-20(9-11-21)28-16-18(14-24(28)30)25(31)27-19-6-4-17(5-7-19)13-23(29)26-15-22-3-2-12-33-22/h2-12,18H,13-16H2,1H3,(H,26,29)(H,27,31). The summed E-state index contributed by atoms with van der Waals surface area (Å²) in [5.74, 6) is -0.0428. The average molecular weight is 464 g/mol. The molecule has 1 atom stereocenters. The second kappa shape index (κ2) is 10.3. The number of carbonyl (C=O) groups is 3. The van der Waals surface area contributed by atoms with E-state index in [1.807, 2.05) is 41.8 Å². The Kier molecular flexibility index (Phi) is 7.04. The second-order valence-electron chi connectivity index (χ2n) is 7.82. The third kappa shape index (κ3) is 5.78. The molecule has 3 amide bonds. The third-order valence-electron chi connectivity index (χ3n) is 5.51. The highest BCUT2D eigenvalue weighted by atomic mass is 32.1. The summed E-state index contributed by atoms with van der Waals surface area (Å²) in [6, 6.07) is 18.3. The predicted molar refractivity (Wildman–Crippen MR) is 128 cm³/mol. The predicted octanol–water partition coefficient (Wildman–Crippen LogP) is 3.61. The summed E-state index contributed by atoms with van der Waals surface area (Å²) in [7, 11) is 1.59. The first-order valence-electron chi connectivity index (χ1n) is 10.6. The van der Waals surface area contributed by atoms with Crippen molar-refractivity contribution >= 4 is 40.4 Å². The molecule has 0 radical (unpaired) electrons. The van der Waals surface area contributed by atoms with Gasteiger partial charge in [0, 0.05) is 29.2 Å². The SMILES string of the molecule is COc1ccc(N2CC(C(=O)Nc3ccc(CC(=O)NCc4cccs4)cc3)CC2=O)cc1. The summed E-state index contributed by atoms with van der Waals surface area (Å²) in [4.78, 5) is 40.0. The van der Waals surface area contributed by atoms with Gasteiger partial charge in [-0.2, -0.15) is 0 Å². The van der Waals surface area contributed by atoms with E-state index in [-0.39, 0.29) is 30.6 Å². The summed E-state index contributed by atoms with van der Waals surface area (Å²) in [5.41, 5.74) is 2.24. The molecule has 0 aliphatic carbocycles. The monoisotopic (exact) mass is 463 g/mol. The molecule has 2 heterocycles. The third-order valence-corrected chi connectivity index (χ3v) is 6.38. The summed E-state index contributed by atoms with van der Waals surface area (Å²) < 4.78 is 5.15. The van der Waals surface area contributed by atoms with E-state index in [1.54, 1.807) is 47.6 Å². The highest BCUT2D eigenvalue weighted by Crippen LogP contribution is 2.27. The Hall–Kier alpha value is -3.65. The van der Waals surface area contributed by atoms with Crippen LogP contribution in [0, 0.1) is 5.92 Å². The fourth-order valence-corrected chi connectivity index (χ4v) is 4.34. The molecule has 0 saturated carbocycles. The zero-order valence-corrected chi connectivity index (χ0v) is 19.1. The number of rotatable bonds is 8. The molecule has 0 bridgehead atoms. The Balaban J connectivity index is 1.28. The number of anilines is 2. The number of ether oxygens (including phenoxy) is 1. The van der Waals surface area contributed by atoms with Crippen molar-refractivity contribution in [2.45, 2.75) is 19.4 Å². The molecule has 1 aliphatic heterocycles. The molecule has 2 N–H and O–H groups in total. The van der Waals surface area contributed by atoms with Crippen LogP contribution in [0.15, 0.2) is 66.0 Å². The van der Waals surface area contributed by atoms with E-state index in [0.717, 1.165) is 16.1 Å². The van der Waals surface area contributed by atoms with Gasteiger partial charge in [-0.15, -0.1) is 11.3 Å². The van der Waals surface area contributed by atoms with E-state index in [9.17, 15) is 14.4 Å². The Bertz CT molecular complexity index is 1110. The van der Waals surface area contributed by atoms with E-state index in [1.165, 1.54) is 0 Å². The summed E-state index contributed by atoms with van der Waals surface area (Å²) in [6.07, 6.45) is 0.438. The minimum atomic E-state index is -0.428. The van der Waals surface area contributed by atoms with E-state index in [4.69, 9.17) is 4.74 Å². The minimum Gasteiger partial charge on any atom is -0.497 e. The Morgan fingerprint density at radius 3 is 2.52 bits per heavy atom. The van der Waals surface area contributed by atoms with Crippen molar-refractivity contribution in [1.29, 1.82) is 0 Å².